The average Bonchev–Trinajstić information content (AvgIpc) is 3.29. The molecule has 0 saturated heterocycles. The molecular weight excluding hydrogens is 453 g/mol. The number of oxime groups is 1. The number of carbonyl (C=O) groups excluding carboxylic acids is 3. The number of Topliss-reactive ketones (excluding diaryl/α,β-unsaturated/α-hetero) is 1. The highest BCUT2D eigenvalue weighted by Crippen LogP contribution is 2.35. The maximum Gasteiger partial charge on any atom is 0.308 e. The van der Waals surface area contributed by atoms with E-state index in [9.17, 15) is 18.8 Å². The minimum Gasteiger partial charge on any atom is -0.466 e. The first-order chi connectivity index (χ1) is 16.7. The number of hydrogen-bond donors (Lipinski definition) is 1. The van der Waals surface area contributed by atoms with Crippen LogP contribution in [-0.2, 0) is 24.0 Å². The number of alkyl halides is 1. The van der Waals surface area contributed by atoms with Crippen molar-refractivity contribution in [2.45, 2.75) is 58.6 Å². The van der Waals surface area contributed by atoms with Gasteiger partial charge in [0.05, 0.1) is 18.7 Å². The Morgan fingerprint density at radius 2 is 1.91 bits per heavy atom. The molecule has 8 nitrogen and oxygen atoms in total. The number of ketones is 1. The van der Waals surface area contributed by atoms with Crippen molar-refractivity contribution in [2.75, 3.05) is 13.3 Å². The molecule has 1 amide bonds. The number of pyridine rings is 1. The summed E-state index contributed by atoms with van der Waals surface area (Å²) in [6.45, 7) is 6.43. The quantitative estimate of drug-likeness (QED) is 0.486. The van der Waals surface area contributed by atoms with E-state index < -0.39 is 42.4 Å². The van der Waals surface area contributed by atoms with Crippen LogP contribution >= 0.6 is 0 Å². The van der Waals surface area contributed by atoms with Crippen LogP contribution in [0.2, 0.25) is 0 Å². The van der Waals surface area contributed by atoms with Gasteiger partial charge in [0.25, 0.3) is 5.91 Å². The van der Waals surface area contributed by atoms with Crippen molar-refractivity contribution in [3.63, 3.8) is 0 Å². The second-order valence-electron chi connectivity index (χ2n) is 9.46. The highest BCUT2D eigenvalue weighted by atomic mass is 19.1. The van der Waals surface area contributed by atoms with E-state index >= 15 is 0 Å². The molecule has 0 spiro atoms. The van der Waals surface area contributed by atoms with Crippen LogP contribution in [0.1, 0.15) is 52.7 Å². The summed E-state index contributed by atoms with van der Waals surface area (Å²) in [6.07, 6.45) is 1.97. The second-order valence-corrected chi connectivity index (χ2v) is 9.46. The van der Waals surface area contributed by atoms with E-state index in [0.717, 1.165) is 10.8 Å². The maximum absolute atomic E-state index is 13.4. The molecule has 1 unspecified atom stereocenters. The van der Waals surface area contributed by atoms with E-state index in [1.165, 1.54) is 0 Å². The highest BCUT2D eigenvalue weighted by molar-refractivity contribution is 6.12. The van der Waals surface area contributed by atoms with E-state index in [2.05, 4.69) is 15.5 Å². The zero-order chi connectivity index (χ0) is 25.6. The van der Waals surface area contributed by atoms with Gasteiger partial charge in [-0.1, -0.05) is 57.1 Å². The number of hydrogen-bond acceptors (Lipinski definition) is 7. The van der Waals surface area contributed by atoms with E-state index in [0.29, 0.717) is 23.7 Å². The Labute approximate surface area is 204 Å². The predicted octanol–water partition coefficient (Wildman–Crippen LogP) is 3.76. The molecule has 3 rings (SSSR count). The molecule has 1 N–H and O–H groups in total. The maximum atomic E-state index is 13.4. The van der Waals surface area contributed by atoms with Gasteiger partial charge in [0.15, 0.2) is 5.78 Å². The number of amides is 1. The predicted molar refractivity (Wildman–Crippen MR) is 129 cm³/mol. The number of benzene rings is 1. The molecule has 1 aromatic carbocycles. The Hall–Kier alpha value is -3.36. The minimum absolute atomic E-state index is 0.104. The summed E-state index contributed by atoms with van der Waals surface area (Å²) in [5.41, 5.74) is -0.347. The van der Waals surface area contributed by atoms with Gasteiger partial charge in [-0.25, -0.2) is 4.39 Å². The zero-order valence-corrected chi connectivity index (χ0v) is 20.5. The number of fused-ring (bicyclic) bond motifs is 1. The molecule has 0 fully saturated rings. The third-order valence-corrected chi connectivity index (χ3v) is 6.17. The fourth-order valence-electron chi connectivity index (χ4n) is 3.87. The molecule has 2 heterocycles. The van der Waals surface area contributed by atoms with Gasteiger partial charge in [0.2, 0.25) is 5.60 Å². The third-order valence-electron chi connectivity index (χ3n) is 6.17. The van der Waals surface area contributed by atoms with Crippen molar-refractivity contribution in [2.24, 2.45) is 17.0 Å². The summed E-state index contributed by atoms with van der Waals surface area (Å²) < 4.78 is 18.4. The van der Waals surface area contributed by atoms with Crippen LogP contribution in [0.15, 0.2) is 41.7 Å². The molecule has 0 saturated carbocycles. The number of halogens is 1. The van der Waals surface area contributed by atoms with E-state index in [1.807, 2.05) is 44.2 Å². The fourth-order valence-corrected chi connectivity index (χ4v) is 3.87. The molecule has 2 atom stereocenters. The summed E-state index contributed by atoms with van der Waals surface area (Å²) in [5.74, 6) is -2.25. The first kappa shape index (κ1) is 26.2. The molecule has 1 aliphatic heterocycles. The van der Waals surface area contributed by atoms with Crippen molar-refractivity contribution < 1.29 is 28.3 Å². The Morgan fingerprint density at radius 3 is 2.60 bits per heavy atom. The van der Waals surface area contributed by atoms with Crippen LogP contribution in [0.25, 0.3) is 10.8 Å². The third kappa shape index (κ3) is 6.01. The van der Waals surface area contributed by atoms with E-state index in [1.54, 1.807) is 20.0 Å². The van der Waals surface area contributed by atoms with Gasteiger partial charge in [-0.05, 0) is 23.8 Å². The summed E-state index contributed by atoms with van der Waals surface area (Å²) in [7, 11) is 0. The van der Waals surface area contributed by atoms with Gasteiger partial charge in [-0.2, -0.15) is 0 Å². The number of aromatic nitrogens is 1. The number of esters is 1. The number of carbonyl (C=O) groups is 3. The molecule has 0 bridgehead atoms. The normalized spacial score (nSPS) is 18.3. The molecule has 188 valence electrons. The average molecular weight is 486 g/mol. The monoisotopic (exact) mass is 485 g/mol. The first-order valence-corrected chi connectivity index (χ1v) is 11.8. The van der Waals surface area contributed by atoms with Crippen LogP contribution in [0.4, 0.5) is 4.39 Å². The lowest BCUT2D eigenvalue weighted by Gasteiger charge is -2.30. The summed E-state index contributed by atoms with van der Waals surface area (Å²) >= 11 is 0. The smallest absolute Gasteiger partial charge is 0.308 e. The van der Waals surface area contributed by atoms with Crippen molar-refractivity contribution in [3.05, 3.63) is 42.2 Å². The number of rotatable bonds is 11. The molecule has 1 aliphatic rings. The van der Waals surface area contributed by atoms with E-state index in [-0.39, 0.29) is 18.9 Å². The molecule has 2 aromatic rings. The summed E-state index contributed by atoms with van der Waals surface area (Å²) in [5, 5.41) is 8.54. The van der Waals surface area contributed by atoms with Crippen molar-refractivity contribution in [1.29, 1.82) is 0 Å². The lowest BCUT2D eigenvalue weighted by molar-refractivity contribution is -0.153. The number of nitrogens with zero attached hydrogens (tertiary/aromatic N) is 2. The Balaban J connectivity index is 1.77. The van der Waals surface area contributed by atoms with Gasteiger partial charge in [0, 0.05) is 23.9 Å². The molecule has 0 radical (unpaired) electrons. The lowest BCUT2D eigenvalue weighted by atomic mass is 9.83. The molecule has 1 aromatic heterocycles. The van der Waals surface area contributed by atoms with Crippen LogP contribution in [0.3, 0.4) is 0 Å². The van der Waals surface area contributed by atoms with Gasteiger partial charge >= 0.3 is 5.97 Å². The van der Waals surface area contributed by atoms with Crippen LogP contribution < -0.4 is 5.32 Å². The van der Waals surface area contributed by atoms with Gasteiger partial charge in [0.1, 0.15) is 18.4 Å². The van der Waals surface area contributed by atoms with Crippen LogP contribution in [0.5, 0.6) is 0 Å². The Kier molecular flexibility index (Phi) is 8.53. The molecule has 0 aliphatic carbocycles. The molecule has 35 heavy (non-hydrogen) atoms. The SMILES string of the molecule is CC(C)CCOC(=O)C[C@H](NC(=O)C1(C(C)C)CC(c2nccc3ccccc23)=NO1)C(=O)CF. The van der Waals surface area contributed by atoms with Gasteiger partial charge < -0.3 is 14.9 Å². The lowest BCUT2D eigenvalue weighted by Crippen LogP contribution is -2.55. The minimum atomic E-state index is -1.44. The molecule has 9 heteroatoms. The van der Waals surface area contributed by atoms with Crippen molar-refractivity contribution in [1.82, 2.24) is 10.3 Å². The Bertz CT molecular complexity index is 1110. The molecular formula is C26H32FN3O5. The Morgan fingerprint density at radius 1 is 1.17 bits per heavy atom. The fraction of sp³-hybridized carbons (Fsp3) is 0.500. The summed E-state index contributed by atoms with van der Waals surface area (Å²) in [6, 6.07) is 8.19. The standard InChI is InChI=1S/C26H32FN3O5/c1-16(2)10-12-34-23(32)13-20(22(31)15-27)29-25(33)26(17(3)4)14-21(30-35-26)24-19-8-6-5-7-18(19)9-11-28-24/h5-9,11,16-17,20H,10,12-15H2,1-4H3,(H,29,33)/t20-,26?/m0/s1. The van der Waals surface area contributed by atoms with Crippen LogP contribution in [0, 0.1) is 11.8 Å². The first-order valence-electron chi connectivity index (χ1n) is 11.8. The summed E-state index contributed by atoms with van der Waals surface area (Å²) in [4.78, 5) is 48.0. The topological polar surface area (TPSA) is 107 Å². The number of ether oxygens (including phenoxy) is 1. The number of nitrogens with one attached hydrogen (secondary N) is 1. The largest absolute Gasteiger partial charge is 0.466 e. The van der Waals surface area contributed by atoms with Gasteiger partial charge in [-0.3, -0.25) is 19.4 Å². The van der Waals surface area contributed by atoms with Gasteiger partial charge in [-0.15, -0.1) is 0 Å². The van der Waals surface area contributed by atoms with Crippen LogP contribution in [-0.4, -0.2) is 53.3 Å². The second kappa shape index (κ2) is 11.4. The van der Waals surface area contributed by atoms with E-state index in [4.69, 9.17) is 9.57 Å². The van der Waals surface area contributed by atoms with Crippen molar-refractivity contribution in [3.8, 4) is 0 Å². The highest BCUT2D eigenvalue weighted by Gasteiger charge is 2.51. The van der Waals surface area contributed by atoms with Crippen molar-refractivity contribution >= 4 is 34.1 Å². The zero-order valence-electron chi connectivity index (χ0n) is 20.5.